The molecule has 20 heavy (non-hydrogen) atoms. The van der Waals surface area contributed by atoms with Crippen LogP contribution in [0.5, 0.6) is 11.5 Å². The molecule has 0 unspecified atom stereocenters. The van der Waals surface area contributed by atoms with Gasteiger partial charge in [0.1, 0.15) is 17.1 Å². The first-order valence-electron chi connectivity index (χ1n) is 7.29. The lowest BCUT2D eigenvalue weighted by Crippen LogP contribution is -2.09. The van der Waals surface area contributed by atoms with Crippen molar-refractivity contribution in [3.63, 3.8) is 0 Å². The van der Waals surface area contributed by atoms with Crippen molar-refractivity contribution in [3.05, 3.63) is 23.3 Å². The van der Waals surface area contributed by atoms with Gasteiger partial charge in [-0.1, -0.05) is 19.8 Å². The largest absolute Gasteiger partial charge is 0.507 e. The van der Waals surface area contributed by atoms with E-state index in [1.54, 1.807) is 6.92 Å². The van der Waals surface area contributed by atoms with Gasteiger partial charge >= 0.3 is 5.97 Å². The molecule has 0 aliphatic heterocycles. The third-order valence-electron chi connectivity index (χ3n) is 3.01. The Balaban J connectivity index is 3.07. The Morgan fingerprint density at radius 1 is 1.15 bits per heavy atom. The number of phenolic OH excluding ortho intramolecular Hbond substituents is 1. The monoisotopic (exact) mass is 280 g/mol. The number of phenols is 1. The van der Waals surface area contributed by atoms with Crippen LogP contribution in [0.4, 0.5) is 0 Å². The molecule has 0 saturated carbocycles. The van der Waals surface area contributed by atoms with E-state index in [2.05, 4.69) is 6.92 Å². The topological polar surface area (TPSA) is 55.8 Å². The summed E-state index contributed by atoms with van der Waals surface area (Å²) in [7, 11) is 0. The molecule has 0 aliphatic rings. The zero-order valence-electron chi connectivity index (χ0n) is 12.6. The summed E-state index contributed by atoms with van der Waals surface area (Å²) in [5.74, 6) is 0.0463. The van der Waals surface area contributed by atoms with Gasteiger partial charge in [-0.3, -0.25) is 0 Å². The Morgan fingerprint density at radius 2 is 1.90 bits per heavy atom. The predicted octanol–water partition coefficient (Wildman–Crippen LogP) is 3.70. The smallest absolute Gasteiger partial charge is 0.342 e. The second-order valence-electron chi connectivity index (χ2n) is 4.59. The molecule has 1 aromatic carbocycles. The number of ether oxygens (including phenoxy) is 2. The predicted molar refractivity (Wildman–Crippen MR) is 78.5 cm³/mol. The van der Waals surface area contributed by atoms with Gasteiger partial charge < -0.3 is 14.6 Å². The van der Waals surface area contributed by atoms with Crippen molar-refractivity contribution in [2.75, 3.05) is 13.2 Å². The summed E-state index contributed by atoms with van der Waals surface area (Å²) >= 11 is 0. The second-order valence-corrected chi connectivity index (χ2v) is 4.59. The van der Waals surface area contributed by atoms with Gasteiger partial charge in [0.15, 0.2) is 0 Å². The van der Waals surface area contributed by atoms with Gasteiger partial charge in [0, 0.05) is 6.07 Å². The van der Waals surface area contributed by atoms with E-state index >= 15 is 0 Å². The van der Waals surface area contributed by atoms with Crippen molar-refractivity contribution in [2.24, 2.45) is 0 Å². The highest BCUT2D eigenvalue weighted by atomic mass is 16.5. The Bertz CT molecular complexity index is 440. The minimum absolute atomic E-state index is 0.0686. The fourth-order valence-corrected chi connectivity index (χ4v) is 2.11. The first kappa shape index (κ1) is 16.3. The maximum Gasteiger partial charge on any atom is 0.342 e. The van der Waals surface area contributed by atoms with Gasteiger partial charge in [-0.15, -0.1) is 0 Å². The van der Waals surface area contributed by atoms with Crippen molar-refractivity contribution in [2.45, 2.75) is 46.5 Å². The molecule has 0 radical (unpaired) electrons. The quantitative estimate of drug-likeness (QED) is 0.582. The maximum absolute atomic E-state index is 12.0. The molecule has 0 spiro atoms. The third kappa shape index (κ3) is 4.44. The summed E-state index contributed by atoms with van der Waals surface area (Å²) in [5, 5.41) is 10.1. The average molecular weight is 280 g/mol. The summed E-state index contributed by atoms with van der Waals surface area (Å²) < 4.78 is 10.4. The number of hydrogen-bond donors (Lipinski definition) is 1. The minimum atomic E-state index is -0.473. The molecule has 1 N–H and O–H groups in total. The van der Waals surface area contributed by atoms with E-state index in [0.717, 1.165) is 31.2 Å². The number of esters is 1. The third-order valence-corrected chi connectivity index (χ3v) is 3.01. The van der Waals surface area contributed by atoms with E-state index in [9.17, 15) is 9.90 Å². The SMILES string of the molecule is CCCCCc1cc(OCC)cc(O)c1C(=O)OCC. The number of aromatic hydroxyl groups is 1. The highest BCUT2D eigenvalue weighted by Gasteiger charge is 2.19. The van der Waals surface area contributed by atoms with Crippen LogP contribution in [-0.2, 0) is 11.2 Å². The number of carbonyl (C=O) groups is 1. The van der Waals surface area contributed by atoms with Gasteiger partial charge in [0.25, 0.3) is 0 Å². The Labute approximate surface area is 120 Å². The number of carbonyl (C=O) groups excluding carboxylic acids is 1. The van der Waals surface area contributed by atoms with Crippen LogP contribution in [0.2, 0.25) is 0 Å². The second kappa shape index (κ2) is 8.46. The standard InChI is InChI=1S/C16H24O4/c1-4-7-8-9-12-10-13(19-5-2)11-14(17)15(12)16(18)20-6-3/h10-11,17H,4-9H2,1-3H3. The van der Waals surface area contributed by atoms with Crippen LogP contribution < -0.4 is 4.74 Å². The normalized spacial score (nSPS) is 10.3. The van der Waals surface area contributed by atoms with E-state index in [1.807, 2.05) is 13.0 Å². The van der Waals surface area contributed by atoms with E-state index in [1.165, 1.54) is 6.07 Å². The van der Waals surface area contributed by atoms with Crippen LogP contribution in [0.3, 0.4) is 0 Å². The maximum atomic E-state index is 12.0. The van der Waals surface area contributed by atoms with E-state index in [4.69, 9.17) is 9.47 Å². The van der Waals surface area contributed by atoms with Crippen LogP contribution in [-0.4, -0.2) is 24.3 Å². The summed E-state index contributed by atoms with van der Waals surface area (Å²) in [6.07, 6.45) is 3.89. The molecule has 0 saturated heterocycles. The molecule has 112 valence electrons. The van der Waals surface area contributed by atoms with Crippen molar-refractivity contribution >= 4 is 5.97 Å². The Hall–Kier alpha value is -1.71. The Kier molecular flexibility index (Phi) is 6.91. The molecule has 0 aromatic heterocycles. The zero-order chi connectivity index (χ0) is 15.0. The van der Waals surface area contributed by atoms with Crippen LogP contribution >= 0.6 is 0 Å². The molecule has 0 aliphatic carbocycles. The van der Waals surface area contributed by atoms with E-state index in [0.29, 0.717) is 19.0 Å². The van der Waals surface area contributed by atoms with Crippen LogP contribution in [0.25, 0.3) is 0 Å². The first-order chi connectivity index (χ1) is 9.63. The molecule has 0 atom stereocenters. The number of aryl methyl sites for hydroxylation is 1. The minimum Gasteiger partial charge on any atom is -0.507 e. The van der Waals surface area contributed by atoms with E-state index < -0.39 is 5.97 Å². The highest BCUT2D eigenvalue weighted by Crippen LogP contribution is 2.30. The highest BCUT2D eigenvalue weighted by molar-refractivity contribution is 5.94. The molecule has 1 aromatic rings. The van der Waals surface area contributed by atoms with Crippen LogP contribution in [0.15, 0.2) is 12.1 Å². The van der Waals surface area contributed by atoms with Crippen molar-refractivity contribution < 1.29 is 19.4 Å². The van der Waals surface area contributed by atoms with Crippen molar-refractivity contribution in [1.29, 1.82) is 0 Å². The summed E-state index contributed by atoms with van der Waals surface area (Å²) in [6.45, 7) is 6.57. The Morgan fingerprint density at radius 3 is 2.50 bits per heavy atom. The summed E-state index contributed by atoms with van der Waals surface area (Å²) in [5.41, 5.74) is 1.06. The molecule has 0 fully saturated rings. The fourth-order valence-electron chi connectivity index (χ4n) is 2.11. The van der Waals surface area contributed by atoms with Gasteiger partial charge in [0.2, 0.25) is 0 Å². The number of benzene rings is 1. The fraction of sp³-hybridized carbons (Fsp3) is 0.562. The molecule has 1 rings (SSSR count). The first-order valence-corrected chi connectivity index (χ1v) is 7.29. The van der Waals surface area contributed by atoms with Gasteiger partial charge in [-0.05, 0) is 38.3 Å². The van der Waals surface area contributed by atoms with Crippen LogP contribution in [0, 0.1) is 0 Å². The average Bonchev–Trinajstić information content (AvgIpc) is 2.39. The van der Waals surface area contributed by atoms with Crippen molar-refractivity contribution in [3.8, 4) is 11.5 Å². The number of rotatable bonds is 8. The molecule has 0 bridgehead atoms. The number of hydrogen-bond acceptors (Lipinski definition) is 4. The lowest BCUT2D eigenvalue weighted by Gasteiger charge is -2.13. The molecular weight excluding hydrogens is 256 g/mol. The summed E-state index contributed by atoms with van der Waals surface area (Å²) in [6, 6.07) is 3.30. The lowest BCUT2D eigenvalue weighted by atomic mass is 10.00. The molecule has 0 amide bonds. The zero-order valence-corrected chi connectivity index (χ0v) is 12.6. The van der Waals surface area contributed by atoms with Crippen molar-refractivity contribution in [1.82, 2.24) is 0 Å². The number of unbranched alkanes of at least 4 members (excludes halogenated alkanes) is 2. The van der Waals surface area contributed by atoms with Crippen LogP contribution in [0.1, 0.15) is 56.0 Å². The van der Waals surface area contributed by atoms with Gasteiger partial charge in [0.05, 0.1) is 13.2 Å². The molecule has 0 heterocycles. The molecular formula is C16H24O4. The van der Waals surface area contributed by atoms with Gasteiger partial charge in [-0.25, -0.2) is 4.79 Å². The lowest BCUT2D eigenvalue weighted by molar-refractivity contribution is 0.0521. The molecule has 4 heteroatoms. The summed E-state index contributed by atoms with van der Waals surface area (Å²) in [4.78, 5) is 12.0. The van der Waals surface area contributed by atoms with E-state index in [-0.39, 0.29) is 11.3 Å². The van der Waals surface area contributed by atoms with Gasteiger partial charge in [-0.2, -0.15) is 0 Å². The molecule has 4 nitrogen and oxygen atoms in total.